The van der Waals surface area contributed by atoms with Gasteiger partial charge in [0.05, 0.1) is 18.3 Å². The highest BCUT2D eigenvalue weighted by molar-refractivity contribution is 5.87. The topological polar surface area (TPSA) is 87.0 Å². The molecule has 0 aliphatic rings. The summed E-state index contributed by atoms with van der Waals surface area (Å²) < 4.78 is 4.25. The molecule has 0 saturated heterocycles. The van der Waals surface area contributed by atoms with Crippen molar-refractivity contribution in [2.75, 3.05) is 20.8 Å². The third-order valence-electron chi connectivity index (χ3n) is 1.28. The maximum atomic E-state index is 10.2. The van der Waals surface area contributed by atoms with Crippen LogP contribution in [0, 0.1) is 0 Å². The minimum atomic E-state index is -0.879. The van der Waals surface area contributed by atoms with E-state index in [1.807, 2.05) is 0 Å². The van der Waals surface area contributed by atoms with Gasteiger partial charge in [-0.2, -0.15) is 0 Å². The number of hydrogen-bond acceptors (Lipinski definition) is 4. The van der Waals surface area contributed by atoms with Gasteiger partial charge in [-0.25, -0.2) is 4.79 Å². The molecule has 0 aromatic heterocycles. The molecule has 0 aliphatic heterocycles. The van der Waals surface area contributed by atoms with Crippen LogP contribution in [0.2, 0.25) is 0 Å². The molecule has 0 fully saturated rings. The van der Waals surface area contributed by atoms with Crippen LogP contribution >= 0.6 is 0 Å². The number of aromatic carboxylic acids is 1. The number of hydrogen-bond donors (Lipinski definition) is 3. The van der Waals surface area contributed by atoms with Crippen LogP contribution in [0.25, 0.3) is 0 Å². The lowest BCUT2D eigenvalue weighted by molar-refractivity contribution is 0.0697. The fourth-order valence-electron chi connectivity index (χ4n) is 0.581. The number of rotatable bonds is 2. The molecule has 1 aromatic carbocycles. The Labute approximate surface area is 101 Å². The largest absolute Gasteiger partial charge is 0.478 e. The van der Waals surface area contributed by atoms with Gasteiger partial charge in [-0.05, 0) is 19.1 Å². The van der Waals surface area contributed by atoms with E-state index in [1.165, 1.54) is 6.92 Å². The summed E-state index contributed by atoms with van der Waals surface area (Å²) in [4.78, 5) is 10.2. The fourth-order valence-corrected chi connectivity index (χ4v) is 0.581. The van der Waals surface area contributed by atoms with Gasteiger partial charge in [0.25, 0.3) is 0 Å². The first-order chi connectivity index (χ1) is 7.99. The van der Waals surface area contributed by atoms with Gasteiger partial charge in [-0.3, -0.25) is 0 Å². The van der Waals surface area contributed by atoms with Crippen LogP contribution in [0.1, 0.15) is 17.3 Å². The maximum absolute atomic E-state index is 10.2. The highest BCUT2D eigenvalue weighted by atomic mass is 16.4. The van der Waals surface area contributed by atoms with E-state index in [0.29, 0.717) is 5.56 Å². The van der Waals surface area contributed by atoms with Gasteiger partial charge in [0.15, 0.2) is 0 Å². The smallest absolute Gasteiger partial charge is 0.335 e. The number of carbonyl (C=O) groups is 1. The Morgan fingerprint density at radius 1 is 1.29 bits per heavy atom. The number of aliphatic hydroxyl groups excluding tert-OH is 2. The van der Waals surface area contributed by atoms with Crippen molar-refractivity contribution < 1.29 is 24.9 Å². The Kier molecular flexibility index (Phi) is 13.3. The van der Waals surface area contributed by atoms with Crippen molar-refractivity contribution in [1.82, 2.24) is 0 Å². The number of aliphatic hydroxyl groups is 2. The van der Waals surface area contributed by atoms with Gasteiger partial charge in [-0.1, -0.05) is 18.2 Å². The molecule has 0 saturated carbocycles. The highest BCUT2D eigenvalue weighted by Crippen LogP contribution is 1.96. The van der Waals surface area contributed by atoms with Crippen molar-refractivity contribution in [3.05, 3.63) is 35.9 Å². The Hall–Kier alpha value is -1.43. The molecule has 0 aliphatic carbocycles. The lowest BCUT2D eigenvalue weighted by atomic mass is 10.2. The number of ether oxygens (including phenoxy) is 1. The van der Waals surface area contributed by atoms with Crippen LogP contribution in [-0.4, -0.2) is 48.2 Å². The highest BCUT2D eigenvalue weighted by Gasteiger charge is 1.96. The summed E-state index contributed by atoms with van der Waals surface area (Å²) in [6, 6.07) is 8.30. The van der Waals surface area contributed by atoms with Crippen LogP contribution in [0.15, 0.2) is 30.3 Å². The van der Waals surface area contributed by atoms with Crippen LogP contribution in [0.5, 0.6) is 0 Å². The zero-order chi connectivity index (χ0) is 13.7. The van der Waals surface area contributed by atoms with Crippen molar-refractivity contribution in [2.45, 2.75) is 13.0 Å². The number of benzene rings is 1. The summed E-state index contributed by atoms with van der Waals surface area (Å²) in [6.45, 7) is 1.39. The lowest BCUT2D eigenvalue weighted by Gasteiger charge is -1.90. The van der Waals surface area contributed by atoms with Gasteiger partial charge in [0.2, 0.25) is 0 Å². The minimum Gasteiger partial charge on any atom is -0.478 e. The van der Waals surface area contributed by atoms with Gasteiger partial charge < -0.3 is 20.1 Å². The van der Waals surface area contributed by atoms with E-state index in [0.717, 1.165) is 0 Å². The lowest BCUT2D eigenvalue weighted by Crippen LogP contribution is -2.03. The molecular formula is C12H20O5. The minimum absolute atomic E-state index is 0.139. The van der Waals surface area contributed by atoms with Crippen molar-refractivity contribution in [3.63, 3.8) is 0 Å². The molecule has 98 valence electrons. The zero-order valence-corrected chi connectivity index (χ0v) is 10.3. The van der Waals surface area contributed by atoms with E-state index in [9.17, 15) is 4.79 Å². The zero-order valence-electron chi connectivity index (χ0n) is 10.3. The van der Waals surface area contributed by atoms with Crippen LogP contribution in [-0.2, 0) is 4.74 Å². The van der Waals surface area contributed by atoms with Crippen molar-refractivity contribution in [3.8, 4) is 0 Å². The second kappa shape index (κ2) is 12.6. The Balaban J connectivity index is 0. The second-order valence-corrected chi connectivity index (χ2v) is 3.11. The summed E-state index contributed by atoms with van der Waals surface area (Å²) in [6.07, 6.45) is -0.560. The fraction of sp³-hybridized carbons (Fsp3) is 0.417. The van der Waals surface area contributed by atoms with E-state index in [2.05, 4.69) is 4.74 Å². The first-order valence-corrected chi connectivity index (χ1v) is 4.96. The Morgan fingerprint density at radius 2 is 1.65 bits per heavy atom. The molecule has 5 heteroatoms. The molecule has 0 bridgehead atoms. The van der Waals surface area contributed by atoms with Gasteiger partial charge in [-0.15, -0.1) is 0 Å². The molecule has 1 rings (SSSR count). The van der Waals surface area contributed by atoms with E-state index >= 15 is 0 Å². The molecule has 0 amide bonds. The predicted octanol–water partition coefficient (Wildman–Crippen LogP) is 1.01. The number of carboxylic acids is 1. The average Bonchev–Trinajstić information content (AvgIpc) is 2.32. The van der Waals surface area contributed by atoms with Crippen molar-refractivity contribution in [2.24, 2.45) is 0 Å². The first kappa shape index (κ1) is 17.9. The van der Waals surface area contributed by atoms with Crippen LogP contribution in [0.4, 0.5) is 0 Å². The molecular weight excluding hydrogens is 224 g/mol. The standard InChI is InChI=1S/C7H6O2.C3H8O2.C2H6O/c8-7(9)6-4-2-1-3-5-6;1-3(5)2-4;1-3-2/h1-5H,(H,8,9);3-5H,2H2,1H3;1-2H3. The molecule has 1 atom stereocenters. The van der Waals surface area contributed by atoms with Crippen molar-refractivity contribution in [1.29, 1.82) is 0 Å². The maximum Gasteiger partial charge on any atom is 0.335 e. The van der Waals surface area contributed by atoms with Crippen molar-refractivity contribution >= 4 is 5.97 Å². The summed E-state index contributed by atoms with van der Waals surface area (Å²) in [5.41, 5.74) is 0.331. The first-order valence-electron chi connectivity index (χ1n) is 4.96. The summed E-state index contributed by atoms with van der Waals surface area (Å²) in [5, 5.41) is 24.4. The quantitative estimate of drug-likeness (QED) is 0.722. The van der Waals surface area contributed by atoms with E-state index in [1.54, 1.807) is 44.6 Å². The second-order valence-electron chi connectivity index (χ2n) is 3.11. The molecule has 3 N–H and O–H groups in total. The van der Waals surface area contributed by atoms with Crippen LogP contribution in [0.3, 0.4) is 0 Å². The van der Waals surface area contributed by atoms with E-state index < -0.39 is 12.1 Å². The number of carboxylic acid groups (broad SMARTS) is 1. The normalized spacial score (nSPS) is 10.2. The van der Waals surface area contributed by atoms with Gasteiger partial charge in [0.1, 0.15) is 0 Å². The molecule has 1 aromatic rings. The van der Waals surface area contributed by atoms with Gasteiger partial charge in [0, 0.05) is 14.2 Å². The monoisotopic (exact) mass is 244 g/mol. The summed E-state index contributed by atoms with van der Waals surface area (Å²) in [7, 11) is 3.25. The SMILES string of the molecule is CC(O)CO.COC.O=C(O)c1ccccc1. The Bertz CT molecular complexity index is 271. The molecule has 0 heterocycles. The summed E-state index contributed by atoms with van der Waals surface area (Å²) >= 11 is 0. The third kappa shape index (κ3) is 14.6. The Morgan fingerprint density at radius 3 is 1.82 bits per heavy atom. The van der Waals surface area contributed by atoms with E-state index in [4.69, 9.17) is 15.3 Å². The summed E-state index contributed by atoms with van der Waals surface area (Å²) in [5.74, 6) is -0.879. The molecule has 1 unspecified atom stereocenters. The molecule has 0 radical (unpaired) electrons. The van der Waals surface area contributed by atoms with Gasteiger partial charge >= 0.3 is 5.97 Å². The molecule has 5 nitrogen and oxygen atoms in total. The third-order valence-corrected chi connectivity index (χ3v) is 1.28. The van der Waals surface area contributed by atoms with Crippen LogP contribution < -0.4 is 0 Å². The van der Waals surface area contributed by atoms with E-state index in [-0.39, 0.29) is 6.61 Å². The average molecular weight is 244 g/mol. The molecule has 0 spiro atoms. The predicted molar refractivity (Wildman–Crippen MR) is 65.1 cm³/mol. The molecule has 17 heavy (non-hydrogen) atoms. The number of methoxy groups -OCH3 is 1.